The Labute approximate surface area is 164 Å². The summed E-state index contributed by atoms with van der Waals surface area (Å²) in [5.41, 5.74) is 3.47. The summed E-state index contributed by atoms with van der Waals surface area (Å²) in [4.78, 5) is 11.4. The number of allylic oxidation sites excluding steroid dienone is 1. The third kappa shape index (κ3) is 2.65. The number of phenolic OH excluding ortho intramolecular Hbond substituents is 1. The van der Waals surface area contributed by atoms with Gasteiger partial charge in [-0.3, -0.25) is 0 Å². The Kier molecular flexibility index (Phi) is 3.85. The van der Waals surface area contributed by atoms with Gasteiger partial charge in [-0.1, -0.05) is 18.2 Å². The van der Waals surface area contributed by atoms with Gasteiger partial charge in [0.15, 0.2) is 0 Å². The minimum Gasteiger partial charge on any atom is -0.506 e. The van der Waals surface area contributed by atoms with Crippen LogP contribution >= 0.6 is 35.3 Å². The van der Waals surface area contributed by atoms with Crippen molar-refractivity contribution in [3.8, 4) is 26.9 Å². The van der Waals surface area contributed by atoms with Crippen molar-refractivity contribution in [1.82, 2.24) is 9.97 Å². The number of rotatable bonds is 2. The number of phenols is 1. The van der Waals surface area contributed by atoms with Crippen molar-refractivity contribution >= 4 is 51.6 Å². The predicted octanol–water partition coefficient (Wildman–Crippen LogP) is 6.04. The zero-order valence-electron chi connectivity index (χ0n) is 13.6. The Morgan fingerprint density at radius 3 is 2.54 bits per heavy atom. The molecule has 0 spiro atoms. The molecule has 0 radical (unpaired) electrons. The van der Waals surface area contributed by atoms with Crippen molar-refractivity contribution in [3.05, 3.63) is 53.0 Å². The zero-order chi connectivity index (χ0) is 17.7. The topological polar surface area (TPSA) is 46.0 Å². The first kappa shape index (κ1) is 16.1. The highest BCUT2D eigenvalue weighted by molar-refractivity contribution is 7.80. The maximum absolute atomic E-state index is 11.0. The zero-order valence-corrected chi connectivity index (χ0v) is 16.2. The van der Waals surface area contributed by atoms with Crippen LogP contribution in [-0.4, -0.2) is 15.1 Å². The number of nitrogens with zero attached hydrogens (tertiary/aromatic N) is 2. The molecule has 0 unspecified atom stereocenters. The number of hydrogen-bond donors (Lipinski definition) is 2. The van der Waals surface area contributed by atoms with Gasteiger partial charge in [0.2, 0.25) is 0 Å². The van der Waals surface area contributed by atoms with Crippen LogP contribution in [0, 0.1) is 0 Å². The fourth-order valence-electron chi connectivity index (χ4n) is 3.13. The van der Waals surface area contributed by atoms with E-state index in [1.165, 1.54) is 4.88 Å². The molecule has 0 saturated heterocycles. The Bertz CT molecular complexity index is 1140. The lowest BCUT2D eigenvalue weighted by molar-refractivity contribution is 0.479. The summed E-state index contributed by atoms with van der Waals surface area (Å²) in [6, 6.07) is 11.7. The van der Waals surface area contributed by atoms with Gasteiger partial charge in [0.05, 0.1) is 31.9 Å². The first-order chi connectivity index (χ1) is 12.7. The molecule has 0 atom stereocenters. The maximum Gasteiger partial charge on any atom is 0.136 e. The van der Waals surface area contributed by atoms with E-state index in [2.05, 4.69) is 29.8 Å². The Morgan fingerprint density at radius 2 is 1.77 bits per heavy atom. The highest BCUT2D eigenvalue weighted by Gasteiger charge is 2.20. The molecule has 0 saturated carbocycles. The normalized spacial score (nSPS) is 13.3. The number of aromatic nitrogens is 2. The molecule has 128 valence electrons. The van der Waals surface area contributed by atoms with Gasteiger partial charge in [0.1, 0.15) is 15.8 Å². The average molecular weight is 395 g/mol. The largest absolute Gasteiger partial charge is 0.506 e. The third-order valence-electron chi connectivity index (χ3n) is 4.39. The van der Waals surface area contributed by atoms with Crippen molar-refractivity contribution in [2.75, 3.05) is 0 Å². The fourth-order valence-corrected chi connectivity index (χ4v) is 5.43. The molecule has 0 amide bonds. The number of fused-ring (bicyclic) bond motifs is 2. The summed E-state index contributed by atoms with van der Waals surface area (Å²) in [6.45, 7) is 0. The minimum atomic E-state index is 0.219. The molecule has 0 aliphatic heterocycles. The summed E-state index contributed by atoms with van der Waals surface area (Å²) >= 11 is 7.74. The molecule has 2 aromatic heterocycles. The van der Waals surface area contributed by atoms with Gasteiger partial charge in [0.25, 0.3) is 0 Å². The van der Waals surface area contributed by atoms with E-state index in [0.717, 1.165) is 49.2 Å². The van der Waals surface area contributed by atoms with Crippen molar-refractivity contribution < 1.29 is 5.11 Å². The number of thiazole rings is 2. The van der Waals surface area contributed by atoms with Crippen molar-refractivity contribution in [3.63, 3.8) is 0 Å². The molecule has 26 heavy (non-hydrogen) atoms. The van der Waals surface area contributed by atoms with Crippen LogP contribution in [0.3, 0.4) is 0 Å². The summed E-state index contributed by atoms with van der Waals surface area (Å²) < 4.78 is 1.10. The maximum atomic E-state index is 11.0. The molecular formula is C20H14N2OS3. The van der Waals surface area contributed by atoms with E-state index in [1.807, 2.05) is 36.4 Å². The molecule has 2 aromatic carbocycles. The average Bonchev–Trinajstić information content (AvgIpc) is 3.26. The van der Waals surface area contributed by atoms with Crippen LogP contribution in [0.25, 0.3) is 37.4 Å². The molecule has 4 aromatic rings. The van der Waals surface area contributed by atoms with Gasteiger partial charge >= 0.3 is 0 Å². The van der Waals surface area contributed by atoms with Crippen LogP contribution in [-0.2, 0) is 6.42 Å². The first-order valence-electron chi connectivity index (χ1n) is 8.27. The number of hydrogen-bond acceptors (Lipinski definition) is 6. The fraction of sp³-hybridized carbons (Fsp3) is 0.100. The van der Waals surface area contributed by atoms with E-state index in [-0.39, 0.29) is 5.75 Å². The second-order valence-corrected chi connectivity index (χ2v) is 8.72. The number of thiol groups is 1. The lowest BCUT2D eigenvalue weighted by Gasteiger charge is -2.07. The minimum absolute atomic E-state index is 0.219. The van der Waals surface area contributed by atoms with Crippen LogP contribution in [0.4, 0.5) is 0 Å². The Morgan fingerprint density at radius 1 is 1.00 bits per heavy atom. The van der Waals surface area contributed by atoms with Gasteiger partial charge in [-0.2, -0.15) is 0 Å². The summed E-state index contributed by atoms with van der Waals surface area (Å²) in [7, 11) is 0. The molecule has 0 fully saturated rings. The highest BCUT2D eigenvalue weighted by Crippen LogP contribution is 2.44. The van der Waals surface area contributed by atoms with E-state index < -0.39 is 0 Å². The Hall–Kier alpha value is -2.15. The molecule has 1 aliphatic carbocycles. The first-order valence-corrected chi connectivity index (χ1v) is 10.4. The van der Waals surface area contributed by atoms with Gasteiger partial charge < -0.3 is 5.11 Å². The number of aryl methyl sites for hydroxylation is 1. The van der Waals surface area contributed by atoms with E-state index in [4.69, 9.17) is 4.98 Å². The van der Waals surface area contributed by atoms with Crippen LogP contribution in [0.1, 0.15) is 17.0 Å². The second-order valence-electron chi connectivity index (χ2n) is 6.15. The lowest BCUT2D eigenvalue weighted by Crippen LogP contribution is -1.91. The summed E-state index contributed by atoms with van der Waals surface area (Å²) in [5.74, 6) is 0.219. The van der Waals surface area contributed by atoms with Gasteiger partial charge in [-0.05, 0) is 43.2 Å². The van der Waals surface area contributed by atoms with Gasteiger partial charge in [-0.15, -0.1) is 35.3 Å². The summed E-state index contributed by atoms with van der Waals surface area (Å²) in [6.07, 6.45) is 6.27. The van der Waals surface area contributed by atoms with E-state index in [9.17, 15) is 5.11 Å². The smallest absolute Gasteiger partial charge is 0.136 e. The van der Waals surface area contributed by atoms with Crippen LogP contribution in [0.15, 0.2) is 47.4 Å². The molecule has 1 N–H and O–H groups in total. The van der Waals surface area contributed by atoms with Crippen molar-refractivity contribution in [2.24, 2.45) is 0 Å². The lowest BCUT2D eigenvalue weighted by atomic mass is 10.1. The monoisotopic (exact) mass is 394 g/mol. The van der Waals surface area contributed by atoms with Crippen LogP contribution in [0.2, 0.25) is 0 Å². The van der Waals surface area contributed by atoms with Crippen molar-refractivity contribution in [2.45, 2.75) is 17.7 Å². The number of benzene rings is 2. The SMILES string of the molecule is Oc1c(-c2nc3c(s2)C=CCC3)cc(S)cc1-c1nc2ccccc2s1. The second kappa shape index (κ2) is 6.23. The molecule has 3 nitrogen and oxygen atoms in total. The van der Waals surface area contributed by atoms with Gasteiger partial charge in [0, 0.05) is 4.90 Å². The number of para-hydroxylation sites is 1. The third-order valence-corrected chi connectivity index (χ3v) is 6.82. The molecular weight excluding hydrogens is 380 g/mol. The van der Waals surface area contributed by atoms with Crippen molar-refractivity contribution in [1.29, 1.82) is 0 Å². The van der Waals surface area contributed by atoms with Crippen LogP contribution < -0.4 is 0 Å². The van der Waals surface area contributed by atoms with Gasteiger partial charge in [-0.25, -0.2) is 9.97 Å². The molecule has 6 heteroatoms. The number of aromatic hydroxyl groups is 1. The Balaban J connectivity index is 1.68. The van der Waals surface area contributed by atoms with Crippen LogP contribution in [0.5, 0.6) is 5.75 Å². The quantitative estimate of drug-likeness (QED) is 0.407. The predicted molar refractivity (Wildman–Crippen MR) is 112 cm³/mol. The summed E-state index contributed by atoms with van der Waals surface area (Å²) in [5, 5.41) is 12.6. The van der Waals surface area contributed by atoms with E-state index in [1.54, 1.807) is 22.7 Å². The van der Waals surface area contributed by atoms with E-state index >= 15 is 0 Å². The highest BCUT2D eigenvalue weighted by atomic mass is 32.1. The van der Waals surface area contributed by atoms with E-state index in [0.29, 0.717) is 5.56 Å². The molecule has 0 bridgehead atoms. The molecule has 1 aliphatic rings. The molecule has 5 rings (SSSR count). The standard InChI is InChI=1S/C20H14N2OS3/c23-18-12(19-21-14-5-1-3-7-16(14)25-19)9-11(24)10-13(18)20-22-15-6-2-4-8-17(15)26-20/h1,3-5,7-10,23-24H,2,6H2. The molecule has 2 heterocycles.